The van der Waals surface area contributed by atoms with E-state index in [-0.39, 0.29) is 24.1 Å². The lowest BCUT2D eigenvalue weighted by molar-refractivity contribution is -0.121. The lowest BCUT2D eigenvalue weighted by Crippen LogP contribution is -2.31. The number of thiophene rings is 1. The molecule has 0 radical (unpaired) electrons. The van der Waals surface area contributed by atoms with Crippen molar-refractivity contribution in [3.8, 4) is 0 Å². The van der Waals surface area contributed by atoms with E-state index in [0.29, 0.717) is 16.3 Å². The first-order valence-electron chi connectivity index (χ1n) is 9.64. The van der Waals surface area contributed by atoms with Crippen LogP contribution in [-0.2, 0) is 9.59 Å². The smallest absolute Gasteiger partial charge is 0.265 e. The zero-order valence-corrected chi connectivity index (χ0v) is 17.8. The van der Waals surface area contributed by atoms with Crippen molar-refractivity contribution in [3.63, 3.8) is 0 Å². The highest BCUT2D eigenvalue weighted by molar-refractivity contribution is 8.00. The Morgan fingerprint density at radius 3 is 2.71 bits per heavy atom. The van der Waals surface area contributed by atoms with Crippen LogP contribution >= 0.6 is 23.1 Å². The second kappa shape index (κ2) is 8.05. The summed E-state index contributed by atoms with van der Waals surface area (Å²) in [7, 11) is 0. The average molecular weight is 448 g/mol. The van der Waals surface area contributed by atoms with Gasteiger partial charge in [0.2, 0.25) is 11.8 Å². The molecule has 3 amide bonds. The van der Waals surface area contributed by atoms with E-state index < -0.39 is 5.25 Å². The molecule has 0 bridgehead atoms. The summed E-state index contributed by atoms with van der Waals surface area (Å²) in [6, 6.07) is 18.3. The number of hydrogen-bond acceptors (Lipinski definition) is 5. The van der Waals surface area contributed by atoms with Crippen LogP contribution in [0.15, 0.2) is 77.1 Å². The minimum atomic E-state index is -0.474. The molecule has 2 N–H and O–H groups in total. The molecule has 5 rings (SSSR count). The van der Waals surface area contributed by atoms with Crippen molar-refractivity contribution < 1.29 is 14.4 Å². The molecule has 0 saturated carbocycles. The van der Waals surface area contributed by atoms with Crippen LogP contribution < -0.4 is 10.2 Å². The number of aromatic amines is 1. The van der Waals surface area contributed by atoms with Crippen LogP contribution in [0.5, 0.6) is 0 Å². The highest BCUT2D eigenvalue weighted by Gasteiger charge is 2.40. The second-order valence-corrected chi connectivity index (χ2v) is 9.31. The van der Waals surface area contributed by atoms with Crippen molar-refractivity contribution in [2.24, 2.45) is 0 Å². The summed E-state index contributed by atoms with van der Waals surface area (Å²) in [6.45, 7) is 0. The molecule has 2 aromatic carbocycles. The third-order valence-electron chi connectivity index (χ3n) is 5.04. The van der Waals surface area contributed by atoms with Gasteiger partial charge in [0.25, 0.3) is 5.91 Å². The summed E-state index contributed by atoms with van der Waals surface area (Å²) >= 11 is 2.74. The summed E-state index contributed by atoms with van der Waals surface area (Å²) in [5.41, 5.74) is 2.14. The van der Waals surface area contributed by atoms with Crippen molar-refractivity contribution in [1.82, 2.24) is 4.98 Å². The highest BCUT2D eigenvalue weighted by atomic mass is 32.2. The fourth-order valence-corrected chi connectivity index (χ4v) is 5.20. The average Bonchev–Trinajstić information content (AvgIpc) is 3.50. The van der Waals surface area contributed by atoms with Gasteiger partial charge in [-0.25, -0.2) is 4.90 Å². The van der Waals surface area contributed by atoms with E-state index in [9.17, 15) is 14.4 Å². The number of carbonyl (C=O) groups excluding carboxylic acids is 3. The summed E-state index contributed by atoms with van der Waals surface area (Å²) < 4.78 is 0. The largest absolute Gasteiger partial charge is 0.361 e. The fraction of sp³-hybridized carbons (Fsp3) is 0.0870. The van der Waals surface area contributed by atoms with Crippen LogP contribution in [0.2, 0.25) is 0 Å². The van der Waals surface area contributed by atoms with Gasteiger partial charge in [-0.1, -0.05) is 12.1 Å². The number of nitrogens with zero attached hydrogens (tertiary/aromatic N) is 1. The maximum Gasteiger partial charge on any atom is 0.265 e. The number of fused-ring (bicyclic) bond motifs is 1. The Morgan fingerprint density at radius 1 is 1.10 bits per heavy atom. The normalized spacial score (nSPS) is 16.3. The van der Waals surface area contributed by atoms with Crippen LogP contribution in [0.1, 0.15) is 16.1 Å². The molecule has 1 unspecified atom stereocenters. The maximum atomic E-state index is 13.0. The van der Waals surface area contributed by atoms with Crippen LogP contribution in [-0.4, -0.2) is 28.0 Å². The zero-order valence-electron chi connectivity index (χ0n) is 16.2. The van der Waals surface area contributed by atoms with Gasteiger partial charge in [-0.15, -0.1) is 23.1 Å². The number of rotatable bonds is 5. The van der Waals surface area contributed by atoms with E-state index in [2.05, 4.69) is 10.3 Å². The first kappa shape index (κ1) is 19.6. The molecule has 3 heterocycles. The minimum absolute atomic E-state index is 0.151. The van der Waals surface area contributed by atoms with Crippen LogP contribution in [0, 0.1) is 0 Å². The molecule has 31 heavy (non-hydrogen) atoms. The molecule has 1 saturated heterocycles. The van der Waals surface area contributed by atoms with E-state index in [0.717, 1.165) is 15.8 Å². The van der Waals surface area contributed by atoms with E-state index >= 15 is 0 Å². The Morgan fingerprint density at radius 2 is 1.94 bits per heavy atom. The molecule has 154 valence electrons. The van der Waals surface area contributed by atoms with E-state index in [4.69, 9.17) is 0 Å². The number of amides is 3. The Hall–Kier alpha value is -3.36. The van der Waals surface area contributed by atoms with Crippen LogP contribution in [0.25, 0.3) is 10.9 Å². The topological polar surface area (TPSA) is 82.3 Å². The van der Waals surface area contributed by atoms with Crippen molar-refractivity contribution >= 4 is 63.1 Å². The summed E-state index contributed by atoms with van der Waals surface area (Å²) in [5.74, 6) is -0.564. The van der Waals surface area contributed by atoms with Crippen molar-refractivity contribution in [2.45, 2.75) is 16.6 Å². The fourth-order valence-electron chi connectivity index (χ4n) is 3.52. The zero-order chi connectivity index (χ0) is 21.4. The lowest BCUT2D eigenvalue weighted by atomic mass is 10.2. The second-order valence-electron chi connectivity index (χ2n) is 7.08. The van der Waals surface area contributed by atoms with Gasteiger partial charge in [-0.3, -0.25) is 14.4 Å². The molecular weight excluding hydrogens is 430 g/mol. The molecule has 0 aliphatic carbocycles. The maximum absolute atomic E-state index is 13.0. The van der Waals surface area contributed by atoms with Crippen LogP contribution in [0.3, 0.4) is 0 Å². The van der Waals surface area contributed by atoms with Crippen molar-refractivity contribution in [1.29, 1.82) is 0 Å². The summed E-state index contributed by atoms with van der Waals surface area (Å²) in [4.78, 5) is 43.6. The number of anilines is 2. The molecule has 2 aromatic heterocycles. The number of H-pyrrole nitrogens is 1. The van der Waals surface area contributed by atoms with Crippen LogP contribution in [0.4, 0.5) is 11.4 Å². The lowest BCUT2D eigenvalue weighted by Gasteiger charge is -2.15. The van der Waals surface area contributed by atoms with Crippen molar-refractivity contribution in [3.05, 3.63) is 77.1 Å². The summed E-state index contributed by atoms with van der Waals surface area (Å²) in [6.07, 6.45) is 1.98. The van der Waals surface area contributed by atoms with E-state index in [1.54, 1.807) is 24.3 Å². The molecule has 0 spiro atoms. The Labute approximate surface area is 186 Å². The number of thioether (sulfide) groups is 1. The first-order chi connectivity index (χ1) is 15.1. The highest BCUT2D eigenvalue weighted by Crippen LogP contribution is 2.35. The number of carbonyl (C=O) groups is 3. The molecule has 1 aliphatic rings. The SMILES string of the molecule is O=C(Nc1ccc(SC2CC(=O)N(c3ccc4cc[nH]c4c3)C2=O)cc1)c1cccs1. The first-order valence-corrected chi connectivity index (χ1v) is 11.4. The number of hydrogen-bond donors (Lipinski definition) is 2. The molecule has 1 fully saturated rings. The van der Waals surface area contributed by atoms with Gasteiger partial charge in [0.05, 0.1) is 15.8 Å². The minimum Gasteiger partial charge on any atom is -0.361 e. The predicted octanol–water partition coefficient (Wildman–Crippen LogP) is 4.91. The Bertz CT molecular complexity index is 1280. The van der Waals surface area contributed by atoms with Crippen molar-refractivity contribution in [2.75, 3.05) is 10.2 Å². The Balaban J connectivity index is 1.27. The summed E-state index contributed by atoms with van der Waals surface area (Å²) in [5, 5.41) is 5.26. The molecule has 1 aliphatic heterocycles. The van der Waals surface area contributed by atoms with Gasteiger partial charge >= 0.3 is 0 Å². The molecule has 8 heteroatoms. The number of aromatic nitrogens is 1. The van der Waals surface area contributed by atoms with E-state index in [1.165, 1.54) is 28.0 Å². The third kappa shape index (κ3) is 3.87. The van der Waals surface area contributed by atoms with Gasteiger partial charge in [0, 0.05) is 28.7 Å². The van der Waals surface area contributed by atoms with Gasteiger partial charge in [0.1, 0.15) is 0 Å². The van der Waals surface area contributed by atoms with Gasteiger partial charge in [-0.2, -0.15) is 0 Å². The quantitative estimate of drug-likeness (QED) is 0.426. The molecule has 4 aromatic rings. The molecule has 6 nitrogen and oxygen atoms in total. The van der Waals surface area contributed by atoms with Gasteiger partial charge in [0.15, 0.2) is 0 Å². The van der Waals surface area contributed by atoms with Gasteiger partial charge < -0.3 is 10.3 Å². The van der Waals surface area contributed by atoms with Gasteiger partial charge in [-0.05, 0) is 59.3 Å². The Kier molecular flexibility index (Phi) is 5.09. The molecule has 1 atom stereocenters. The molecular formula is C23H17N3O3S2. The monoisotopic (exact) mass is 447 g/mol. The number of imide groups is 1. The third-order valence-corrected chi connectivity index (χ3v) is 7.10. The number of benzene rings is 2. The predicted molar refractivity (Wildman–Crippen MR) is 124 cm³/mol. The number of nitrogens with one attached hydrogen (secondary N) is 2. The van der Waals surface area contributed by atoms with E-state index in [1.807, 2.05) is 48.0 Å². The standard InChI is InChI=1S/C23H17N3O3S2/c27-21-13-20(23(29)26(21)16-6-3-14-9-10-24-18(14)12-16)31-17-7-4-15(5-8-17)25-22(28)19-2-1-11-30-19/h1-12,20,24H,13H2,(H,25,28).